The van der Waals surface area contributed by atoms with Crippen molar-refractivity contribution in [3.63, 3.8) is 0 Å². The highest BCUT2D eigenvalue weighted by atomic mass is 35.5. The molecule has 2 rings (SSSR count). The molecule has 6 heteroatoms. The number of rotatable bonds is 4. The molecular formula is C13H14ClN3O2. The molecule has 0 unspecified atom stereocenters. The molecule has 5 nitrogen and oxygen atoms in total. The summed E-state index contributed by atoms with van der Waals surface area (Å²) in [7, 11) is 0. The third kappa shape index (κ3) is 2.94. The second-order valence-corrected chi connectivity index (χ2v) is 4.34. The van der Waals surface area contributed by atoms with Gasteiger partial charge in [0.1, 0.15) is 0 Å². The van der Waals surface area contributed by atoms with Crippen LogP contribution in [0.5, 0.6) is 0 Å². The standard InChI is InChI=1S/C13H14ClN3O2/c1-3-19-16-13(18)12-8-15-17(9(12)2)11-6-4-5-10(14)7-11/h4-8H,3H2,1-2H3,(H,16,18). The topological polar surface area (TPSA) is 56.1 Å². The largest absolute Gasteiger partial charge is 0.278 e. The Morgan fingerprint density at radius 3 is 3.00 bits per heavy atom. The number of benzene rings is 1. The monoisotopic (exact) mass is 279 g/mol. The normalized spacial score (nSPS) is 10.5. The summed E-state index contributed by atoms with van der Waals surface area (Å²) in [4.78, 5) is 16.7. The van der Waals surface area contributed by atoms with Crippen LogP contribution in [0, 0.1) is 6.92 Å². The lowest BCUT2D eigenvalue weighted by atomic mass is 10.2. The minimum Gasteiger partial charge on any atom is -0.274 e. The zero-order chi connectivity index (χ0) is 13.8. The Bertz CT molecular complexity index is 595. The number of carbonyl (C=O) groups excluding carboxylic acids is 1. The molecule has 100 valence electrons. The fourth-order valence-electron chi connectivity index (χ4n) is 1.69. The van der Waals surface area contributed by atoms with E-state index in [-0.39, 0.29) is 5.91 Å². The second kappa shape index (κ2) is 5.86. The molecule has 1 N–H and O–H groups in total. The Morgan fingerprint density at radius 2 is 2.32 bits per heavy atom. The Morgan fingerprint density at radius 1 is 1.53 bits per heavy atom. The van der Waals surface area contributed by atoms with E-state index in [9.17, 15) is 4.79 Å². The number of carbonyl (C=O) groups is 1. The average molecular weight is 280 g/mol. The number of nitrogens with one attached hydrogen (secondary N) is 1. The molecule has 19 heavy (non-hydrogen) atoms. The van der Waals surface area contributed by atoms with Gasteiger partial charge in [-0.15, -0.1) is 0 Å². The molecule has 0 saturated heterocycles. The van der Waals surface area contributed by atoms with Crippen LogP contribution in [0.15, 0.2) is 30.5 Å². The summed E-state index contributed by atoms with van der Waals surface area (Å²) in [6.45, 7) is 4.02. The highest BCUT2D eigenvalue weighted by molar-refractivity contribution is 6.30. The molecule has 0 bridgehead atoms. The molecule has 0 aliphatic heterocycles. The van der Waals surface area contributed by atoms with E-state index in [1.165, 1.54) is 6.20 Å². The van der Waals surface area contributed by atoms with E-state index in [2.05, 4.69) is 10.6 Å². The molecule has 0 fully saturated rings. The van der Waals surface area contributed by atoms with Crippen LogP contribution in [0.25, 0.3) is 5.69 Å². The van der Waals surface area contributed by atoms with Crippen LogP contribution in [-0.2, 0) is 4.84 Å². The van der Waals surface area contributed by atoms with Gasteiger partial charge in [-0.25, -0.2) is 10.2 Å². The maximum Gasteiger partial charge on any atom is 0.278 e. The molecule has 2 aromatic rings. The van der Waals surface area contributed by atoms with Gasteiger partial charge >= 0.3 is 0 Å². The van der Waals surface area contributed by atoms with Gasteiger partial charge in [0.2, 0.25) is 0 Å². The molecule has 0 spiro atoms. The summed E-state index contributed by atoms with van der Waals surface area (Å²) in [5.41, 5.74) is 4.34. The second-order valence-electron chi connectivity index (χ2n) is 3.90. The van der Waals surface area contributed by atoms with Crippen molar-refractivity contribution >= 4 is 17.5 Å². The van der Waals surface area contributed by atoms with Gasteiger partial charge in [-0.05, 0) is 32.0 Å². The predicted octanol–water partition coefficient (Wildman–Crippen LogP) is 2.52. The number of nitrogens with zero attached hydrogens (tertiary/aromatic N) is 2. The zero-order valence-corrected chi connectivity index (χ0v) is 11.4. The summed E-state index contributed by atoms with van der Waals surface area (Å²) < 4.78 is 1.66. The number of hydrogen-bond acceptors (Lipinski definition) is 3. The first-order valence-corrected chi connectivity index (χ1v) is 6.24. The van der Waals surface area contributed by atoms with Gasteiger partial charge in [0.15, 0.2) is 0 Å². The van der Waals surface area contributed by atoms with E-state index in [1.54, 1.807) is 23.7 Å². The Kier molecular flexibility index (Phi) is 4.19. The number of hydrogen-bond donors (Lipinski definition) is 1. The minimum absolute atomic E-state index is 0.312. The minimum atomic E-state index is -0.312. The first-order valence-electron chi connectivity index (χ1n) is 5.86. The van der Waals surface area contributed by atoms with Crippen LogP contribution in [0.3, 0.4) is 0 Å². The van der Waals surface area contributed by atoms with E-state index < -0.39 is 0 Å². The molecule has 1 amide bonds. The molecule has 0 saturated carbocycles. The summed E-state index contributed by atoms with van der Waals surface area (Å²) >= 11 is 5.94. The highest BCUT2D eigenvalue weighted by Crippen LogP contribution is 2.17. The van der Waals surface area contributed by atoms with Gasteiger partial charge in [0.05, 0.1) is 29.7 Å². The maximum atomic E-state index is 11.8. The summed E-state index contributed by atoms with van der Waals surface area (Å²) in [6, 6.07) is 7.27. The van der Waals surface area contributed by atoms with E-state index in [0.29, 0.717) is 17.2 Å². The SMILES string of the molecule is CCONC(=O)c1cnn(-c2cccc(Cl)c2)c1C. The van der Waals surface area contributed by atoms with Crippen LogP contribution in [0.2, 0.25) is 5.02 Å². The molecular weight excluding hydrogens is 266 g/mol. The fraction of sp³-hybridized carbons (Fsp3) is 0.231. The van der Waals surface area contributed by atoms with Crippen LogP contribution in [0.1, 0.15) is 23.0 Å². The number of aromatic nitrogens is 2. The van der Waals surface area contributed by atoms with E-state index in [4.69, 9.17) is 16.4 Å². The molecule has 1 heterocycles. The van der Waals surface area contributed by atoms with Crippen LogP contribution >= 0.6 is 11.6 Å². The molecule has 0 aliphatic rings. The predicted molar refractivity (Wildman–Crippen MR) is 72.4 cm³/mol. The number of halogens is 1. The lowest BCUT2D eigenvalue weighted by Crippen LogP contribution is -2.24. The van der Waals surface area contributed by atoms with Crippen molar-refractivity contribution in [1.29, 1.82) is 0 Å². The van der Waals surface area contributed by atoms with E-state index in [1.807, 2.05) is 19.1 Å². The summed E-state index contributed by atoms with van der Waals surface area (Å²) in [5.74, 6) is -0.312. The fourth-order valence-corrected chi connectivity index (χ4v) is 1.88. The van der Waals surface area contributed by atoms with Crippen LogP contribution in [0.4, 0.5) is 0 Å². The van der Waals surface area contributed by atoms with Gasteiger partial charge in [-0.1, -0.05) is 17.7 Å². The van der Waals surface area contributed by atoms with Crippen LogP contribution in [-0.4, -0.2) is 22.3 Å². The van der Waals surface area contributed by atoms with Gasteiger partial charge in [-0.3, -0.25) is 9.63 Å². The van der Waals surface area contributed by atoms with Crippen molar-refractivity contribution in [3.05, 3.63) is 46.7 Å². The zero-order valence-electron chi connectivity index (χ0n) is 10.7. The molecule has 0 aliphatic carbocycles. The molecule has 0 atom stereocenters. The molecule has 0 radical (unpaired) electrons. The Balaban J connectivity index is 2.30. The van der Waals surface area contributed by atoms with Gasteiger partial charge in [-0.2, -0.15) is 5.10 Å². The third-order valence-electron chi connectivity index (χ3n) is 2.62. The van der Waals surface area contributed by atoms with Crippen molar-refractivity contribution in [2.75, 3.05) is 6.61 Å². The van der Waals surface area contributed by atoms with Crippen molar-refractivity contribution in [2.24, 2.45) is 0 Å². The van der Waals surface area contributed by atoms with Crippen molar-refractivity contribution in [3.8, 4) is 5.69 Å². The first-order chi connectivity index (χ1) is 9.13. The van der Waals surface area contributed by atoms with Gasteiger partial charge < -0.3 is 0 Å². The lowest BCUT2D eigenvalue weighted by Gasteiger charge is -2.06. The van der Waals surface area contributed by atoms with E-state index in [0.717, 1.165) is 11.4 Å². The highest BCUT2D eigenvalue weighted by Gasteiger charge is 2.15. The van der Waals surface area contributed by atoms with Gasteiger partial charge in [0.25, 0.3) is 5.91 Å². The smallest absolute Gasteiger partial charge is 0.274 e. The quantitative estimate of drug-likeness (QED) is 0.875. The number of amides is 1. The van der Waals surface area contributed by atoms with Crippen LogP contribution < -0.4 is 5.48 Å². The van der Waals surface area contributed by atoms with Crippen molar-refractivity contribution in [2.45, 2.75) is 13.8 Å². The Hall–Kier alpha value is -1.85. The molecule has 1 aromatic carbocycles. The van der Waals surface area contributed by atoms with Gasteiger partial charge in [0, 0.05) is 5.02 Å². The Labute approximate surface area is 116 Å². The third-order valence-corrected chi connectivity index (χ3v) is 2.85. The maximum absolute atomic E-state index is 11.8. The lowest BCUT2D eigenvalue weighted by molar-refractivity contribution is 0.0364. The summed E-state index contributed by atoms with van der Waals surface area (Å²) in [6.07, 6.45) is 1.50. The van der Waals surface area contributed by atoms with E-state index >= 15 is 0 Å². The number of hydroxylamine groups is 1. The summed E-state index contributed by atoms with van der Waals surface area (Å²) in [5, 5.41) is 4.82. The average Bonchev–Trinajstić information content (AvgIpc) is 2.78. The molecule has 1 aromatic heterocycles. The van der Waals surface area contributed by atoms with Crippen molar-refractivity contribution in [1.82, 2.24) is 15.3 Å². The first kappa shape index (κ1) is 13.6. The van der Waals surface area contributed by atoms with Crippen molar-refractivity contribution < 1.29 is 9.63 Å².